The highest BCUT2D eigenvalue weighted by atomic mass is 35.5. The molecule has 4 rings (SSSR count). The highest BCUT2D eigenvalue weighted by Crippen LogP contribution is 2.42. The van der Waals surface area contributed by atoms with Crippen molar-refractivity contribution in [3.8, 4) is 5.75 Å². The average molecular weight is 526 g/mol. The van der Waals surface area contributed by atoms with Gasteiger partial charge in [-0.1, -0.05) is 31.5 Å². The van der Waals surface area contributed by atoms with Gasteiger partial charge >= 0.3 is 5.76 Å². The second-order valence-corrected chi connectivity index (χ2v) is 10.5. The van der Waals surface area contributed by atoms with E-state index in [-0.39, 0.29) is 45.7 Å². The lowest BCUT2D eigenvalue weighted by atomic mass is 9.87. The first-order chi connectivity index (χ1) is 16.5. The fraction of sp³-hybridized carbons (Fsp3) is 0.391. The fourth-order valence-electron chi connectivity index (χ4n) is 4.46. The van der Waals surface area contributed by atoms with E-state index < -0.39 is 39.7 Å². The van der Waals surface area contributed by atoms with Crippen molar-refractivity contribution in [3.63, 3.8) is 0 Å². The maximum atomic E-state index is 15.0. The van der Waals surface area contributed by atoms with Crippen LogP contribution in [0.5, 0.6) is 5.75 Å². The lowest BCUT2D eigenvalue weighted by Gasteiger charge is -2.28. The molecule has 3 atom stereocenters. The molecule has 1 aliphatic rings. The number of aryl methyl sites for hydroxylation is 1. The number of benzene rings is 2. The number of aliphatic hydroxyl groups is 1. The average Bonchev–Trinajstić information content (AvgIpc) is 3.23. The van der Waals surface area contributed by atoms with Crippen LogP contribution in [0.2, 0.25) is 5.02 Å². The second kappa shape index (κ2) is 9.73. The van der Waals surface area contributed by atoms with Gasteiger partial charge in [0.05, 0.1) is 17.7 Å². The zero-order chi connectivity index (χ0) is 25.5. The molecule has 35 heavy (non-hydrogen) atoms. The molecule has 0 aliphatic carbocycles. The van der Waals surface area contributed by atoms with Gasteiger partial charge in [-0.15, -0.1) is 5.10 Å². The summed E-state index contributed by atoms with van der Waals surface area (Å²) in [6.45, 7) is 5.40. The number of fused-ring (bicyclic) bond motifs is 1. The molecule has 3 N–H and O–H groups in total. The smallest absolute Gasteiger partial charge is 0.434 e. The molecule has 2 aromatic carbocycles. The normalized spacial score (nSPS) is 17.5. The van der Waals surface area contributed by atoms with Gasteiger partial charge in [-0.25, -0.2) is 22.7 Å². The Bertz CT molecular complexity index is 1420. The van der Waals surface area contributed by atoms with Crippen molar-refractivity contribution in [2.75, 3.05) is 6.61 Å². The van der Waals surface area contributed by atoms with E-state index in [0.717, 1.165) is 5.56 Å². The predicted molar refractivity (Wildman–Crippen MR) is 126 cm³/mol. The number of hydrogen-bond acceptors (Lipinski definition) is 7. The molecule has 0 radical (unpaired) electrons. The van der Waals surface area contributed by atoms with Gasteiger partial charge in [0.2, 0.25) is 15.9 Å². The first-order valence-electron chi connectivity index (χ1n) is 11.0. The predicted octanol–water partition coefficient (Wildman–Crippen LogP) is 3.67. The van der Waals surface area contributed by atoms with Crippen LogP contribution >= 0.6 is 11.6 Å². The largest absolute Gasteiger partial charge is 0.492 e. The summed E-state index contributed by atoms with van der Waals surface area (Å²) in [4.78, 5) is 11.4. The third kappa shape index (κ3) is 4.73. The summed E-state index contributed by atoms with van der Waals surface area (Å²) in [5.74, 6) is -2.54. The van der Waals surface area contributed by atoms with E-state index in [1.165, 1.54) is 18.2 Å². The minimum absolute atomic E-state index is 0.0611. The Hall–Kier alpha value is -2.73. The van der Waals surface area contributed by atoms with Crippen molar-refractivity contribution in [3.05, 3.63) is 73.8 Å². The topological polar surface area (TPSA) is 135 Å². The molecule has 0 amide bonds. The van der Waals surface area contributed by atoms with Crippen molar-refractivity contribution < 1.29 is 27.1 Å². The van der Waals surface area contributed by atoms with Gasteiger partial charge in [0, 0.05) is 17.9 Å². The number of sulfonamides is 1. The van der Waals surface area contributed by atoms with Crippen LogP contribution in [0.15, 0.2) is 38.4 Å². The molecule has 2 heterocycles. The Morgan fingerprint density at radius 3 is 2.74 bits per heavy atom. The first kappa shape index (κ1) is 25.4. The number of hydrogen-bond donors (Lipinski definition) is 3. The summed E-state index contributed by atoms with van der Waals surface area (Å²) in [5, 5.41) is 16.5. The number of aromatic amines is 1. The van der Waals surface area contributed by atoms with E-state index in [1.807, 2.05) is 6.92 Å². The molecule has 12 heteroatoms. The van der Waals surface area contributed by atoms with E-state index in [4.69, 9.17) is 20.8 Å². The third-order valence-electron chi connectivity index (χ3n) is 6.28. The monoisotopic (exact) mass is 525 g/mol. The molecular formula is C23H25ClFN3O6S. The second-order valence-electron chi connectivity index (χ2n) is 8.38. The summed E-state index contributed by atoms with van der Waals surface area (Å²) in [5.41, 5.74) is 2.01. The van der Waals surface area contributed by atoms with E-state index in [1.54, 1.807) is 19.9 Å². The SMILES string of the molecule is CCc1ccc(F)c([C@@H](C)[C@H](NS(=O)(=O)c2ccc(Cl)c3c2OCC[C@@H]3O)c2n[nH]c(=O)o2)c1C. The van der Waals surface area contributed by atoms with E-state index in [9.17, 15) is 18.3 Å². The minimum Gasteiger partial charge on any atom is -0.492 e. The number of nitrogens with one attached hydrogen (secondary N) is 2. The zero-order valence-corrected chi connectivity index (χ0v) is 20.8. The van der Waals surface area contributed by atoms with Crippen molar-refractivity contribution >= 4 is 21.6 Å². The van der Waals surface area contributed by atoms with Crippen LogP contribution in [0.3, 0.4) is 0 Å². The van der Waals surface area contributed by atoms with E-state index >= 15 is 4.39 Å². The Kier molecular flexibility index (Phi) is 7.05. The van der Waals surface area contributed by atoms with Crippen molar-refractivity contribution in [2.24, 2.45) is 0 Å². The van der Waals surface area contributed by atoms with Crippen LogP contribution in [-0.2, 0) is 16.4 Å². The Morgan fingerprint density at radius 2 is 2.09 bits per heavy atom. The maximum Gasteiger partial charge on any atom is 0.434 e. The van der Waals surface area contributed by atoms with Gasteiger partial charge < -0.3 is 14.3 Å². The Labute approximate surface area is 206 Å². The lowest BCUT2D eigenvalue weighted by molar-refractivity contribution is 0.113. The van der Waals surface area contributed by atoms with E-state index in [0.29, 0.717) is 12.0 Å². The molecular weight excluding hydrogens is 501 g/mol. The van der Waals surface area contributed by atoms with Crippen molar-refractivity contribution in [2.45, 2.75) is 56.6 Å². The van der Waals surface area contributed by atoms with Gasteiger partial charge in [0.1, 0.15) is 22.5 Å². The Morgan fingerprint density at radius 1 is 1.34 bits per heavy atom. The fourth-order valence-corrected chi connectivity index (χ4v) is 6.17. The van der Waals surface area contributed by atoms with E-state index in [2.05, 4.69) is 14.9 Å². The molecule has 0 fully saturated rings. The molecule has 1 aromatic heterocycles. The quantitative estimate of drug-likeness (QED) is 0.428. The number of ether oxygens (including phenoxy) is 1. The standard InChI is InChI=1S/C23H25ClFN3O6S/c1-4-13-5-7-15(25)18(11(13)2)12(3)20(22-26-27-23(30)34-22)28-35(31,32)17-8-6-14(24)19-16(29)9-10-33-21(17)19/h5-8,12,16,20,28-29H,4,9-10H2,1-3H3,(H,27,30)/t12-,16+,20+/m1/s1. The Balaban J connectivity index is 1.82. The van der Waals surface area contributed by atoms with Crippen LogP contribution in [0.25, 0.3) is 0 Å². The number of rotatable bonds is 7. The van der Waals surface area contributed by atoms with Crippen molar-refractivity contribution in [1.29, 1.82) is 0 Å². The third-order valence-corrected chi connectivity index (χ3v) is 8.07. The minimum atomic E-state index is -4.36. The summed E-state index contributed by atoms with van der Waals surface area (Å²) in [6, 6.07) is 4.37. The number of halogens is 2. The summed E-state index contributed by atoms with van der Waals surface area (Å²) in [6.07, 6.45) is -0.0846. The van der Waals surface area contributed by atoms with Gasteiger partial charge in [-0.2, -0.15) is 4.72 Å². The summed E-state index contributed by atoms with van der Waals surface area (Å²) >= 11 is 6.20. The zero-order valence-electron chi connectivity index (χ0n) is 19.3. The van der Waals surface area contributed by atoms with Crippen LogP contribution in [0, 0.1) is 12.7 Å². The van der Waals surface area contributed by atoms with Crippen LogP contribution in [0.4, 0.5) is 4.39 Å². The molecule has 0 spiro atoms. The van der Waals surface area contributed by atoms with Crippen LogP contribution < -0.4 is 15.2 Å². The molecule has 0 saturated heterocycles. The highest BCUT2D eigenvalue weighted by molar-refractivity contribution is 7.89. The molecule has 0 unspecified atom stereocenters. The maximum absolute atomic E-state index is 15.0. The molecule has 9 nitrogen and oxygen atoms in total. The number of aliphatic hydroxyl groups excluding tert-OH is 1. The van der Waals surface area contributed by atoms with Crippen molar-refractivity contribution in [1.82, 2.24) is 14.9 Å². The molecule has 0 bridgehead atoms. The lowest BCUT2D eigenvalue weighted by Crippen LogP contribution is -2.33. The van der Waals surface area contributed by atoms with Gasteiger partial charge in [-0.3, -0.25) is 0 Å². The molecule has 1 aliphatic heterocycles. The van der Waals surface area contributed by atoms with Gasteiger partial charge in [-0.05, 0) is 48.2 Å². The summed E-state index contributed by atoms with van der Waals surface area (Å²) < 4.78 is 55.3. The first-order valence-corrected chi connectivity index (χ1v) is 12.9. The number of nitrogens with zero attached hydrogens (tertiary/aromatic N) is 1. The number of H-pyrrole nitrogens is 1. The highest BCUT2D eigenvalue weighted by Gasteiger charge is 2.36. The van der Waals surface area contributed by atoms with Crippen LogP contribution in [0.1, 0.15) is 66.5 Å². The number of aromatic nitrogens is 2. The van der Waals surface area contributed by atoms with Crippen LogP contribution in [-0.4, -0.2) is 30.3 Å². The van der Waals surface area contributed by atoms with Gasteiger partial charge in [0.15, 0.2) is 0 Å². The molecule has 0 saturated carbocycles. The summed E-state index contributed by atoms with van der Waals surface area (Å²) in [7, 11) is -4.36. The van der Waals surface area contributed by atoms with Gasteiger partial charge in [0.25, 0.3) is 0 Å². The molecule has 3 aromatic rings. The molecule has 188 valence electrons.